The van der Waals surface area contributed by atoms with Crippen molar-refractivity contribution in [2.45, 2.75) is 46.1 Å². The summed E-state index contributed by atoms with van der Waals surface area (Å²) in [6.07, 6.45) is 2.02. The number of carbonyl (C=O) groups excluding carboxylic acids is 2. The SMILES string of the molecule is CC(C)(C)C(=O)N1CCN(CC(=O)NC(C)(C#N)C2CC2)CC1. The van der Waals surface area contributed by atoms with Crippen LogP contribution in [-0.2, 0) is 9.59 Å². The van der Waals surface area contributed by atoms with Gasteiger partial charge in [0.15, 0.2) is 0 Å². The highest BCUT2D eigenvalue weighted by atomic mass is 16.2. The van der Waals surface area contributed by atoms with Crippen molar-refractivity contribution < 1.29 is 9.59 Å². The van der Waals surface area contributed by atoms with Crippen LogP contribution < -0.4 is 5.32 Å². The molecule has 1 aliphatic heterocycles. The summed E-state index contributed by atoms with van der Waals surface area (Å²) in [4.78, 5) is 28.4. The Morgan fingerprint density at radius 1 is 1.13 bits per heavy atom. The van der Waals surface area contributed by atoms with Crippen LogP contribution in [0.3, 0.4) is 0 Å². The molecule has 0 radical (unpaired) electrons. The number of hydrogen-bond acceptors (Lipinski definition) is 4. The van der Waals surface area contributed by atoms with Gasteiger partial charge in [0.25, 0.3) is 0 Å². The normalized spacial score (nSPS) is 22.1. The van der Waals surface area contributed by atoms with Gasteiger partial charge in [-0.05, 0) is 25.7 Å². The fraction of sp³-hybridized carbons (Fsp3) is 0.824. The second-order valence-electron chi connectivity index (χ2n) is 7.95. The number of hydrogen-bond donors (Lipinski definition) is 1. The second kappa shape index (κ2) is 6.48. The molecule has 0 aromatic rings. The first-order valence-corrected chi connectivity index (χ1v) is 8.40. The van der Waals surface area contributed by atoms with Gasteiger partial charge in [-0.3, -0.25) is 14.5 Å². The minimum atomic E-state index is -0.735. The van der Waals surface area contributed by atoms with E-state index in [9.17, 15) is 14.9 Å². The molecule has 6 nitrogen and oxygen atoms in total. The first-order valence-electron chi connectivity index (χ1n) is 8.40. The monoisotopic (exact) mass is 320 g/mol. The maximum atomic E-state index is 12.2. The molecule has 1 heterocycles. The van der Waals surface area contributed by atoms with Crippen LogP contribution in [-0.4, -0.2) is 59.9 Å². The Morgan fingerprint density at radius 3 is 2.13 bits per heavy atom. The molecule has 2 amide bonds. The zero-order valence-corrected chi connectivity index (χ0v) is 14.7. The van der Waals surface area contributed by atoms with Gasteiger partial charge in [0.1, 0.15) is 5.54 Å². The molecule has 2 rings (SSSR count). The Kier molecular flexibility index (Phi) is 5.00. The lowest BCUT2D eigenvalue weighted by Gasteiger charge is -2.37. The standard InChI is InChI=1S/C17H28N4O2/c1-16(2,3)15(23)21-9-7-20(8-10-21)11-14(22)19-17(4,12-18)13-5-6-13/h13H,5-11H2,1-4H3,(H,19,22). The molecule has 6 heteroatoms. The van der Waals surface area contributed by atoms with E-state index in [1.165, 1.54) is 0 Å². The molecule has 1 N–H and O–H groups in total. The maximum Gasteiger partial charge on any atom is 0.235 e. The van der Waals surface area contributed by atoms with Gasteiger partial charge in [-0.25, -0.2) is 0 Å². The first-order chi connectivity index (χ1) is 10.7. The smallest absolute Gasteiger partial charge is 0.235 e. The Balaban J connectivity index is 1.79. The van der Waals surface area contributed by atoms with Crippen LogP contribution in [0.25, 0.3) is 0 Å². The third-order valence-corrected chi connectivity index (χ3v) is 4.69. The highest BCUT2D eigenvalue weighted by Crippen LogP contribution is 2.39. The molecule has 0 bridgehead atoms. The lowest BCUT2D eigenvalue weighted by atomic mass is 9.94. The van der Waals surface area contributed by atoms with Gasteiger partial charge >= 0.3 is 0 Å². The number of rotatable bonds is 4. The van der Waals surface area contributed by atoms with Gasteiger partial charge in [0.2, 0.25) is 11.8 Å². The van der Waals surface area contributed by atoms with Crippen molar-refractivity contribution in [2.75, 3.05) is 32.7 Å². The van der Waals surface area contributed by atoms with E-state index in [1.54, 1.807) is 0 Å². The van der Waals surface area contributed by atoms with E-state index in [4.69, 9.17) is 0 Å². The number of nitrogens with one attached hydrogen (secondary N) is 1. The third-order valence-electron chi connectivity index (χ3n) is 4.69. The van der Waals surface area contributed by atoms with Crippen LogP contribution in [0.1, 0.15) is 40.5 Å². The van der Waals surface area contributed by atoms with Gasteiger partial charge in [0.05, 0.1) is 12.6 Å². The number of nitriles is 1. The van der Waals surface area contributed by atoms with Crippen molar-refractivity contribution in [1.29, 1.82) is 5.26 Å². The number of nitrogens with zero attached hydrogens (tertiary/aromatic N) is 3. The fourth-order valence-corrected chi connectivity index (χ4v) is 3.00. The minimum Gasteiger partial charge on any atom is -0.340 e. The zero-order valence-electron chi connectivity index (χ0n) is 14.7. The van der Waals surface area contributed by atoms with Gasteiger partial charge in [0, 0.05) is 31.6 Å². The van der Waals surface area contributed by atoms with Crippen LogP contribution in [0.4, 0.5) is 0 Å². The molecule has 1 aliphatic carbocycles. The average Bonchev–Trinajstić information content (AvgIpc) is 3.31. The van der Waals surface area contributed by atoms with Crippen molar-refractivity contribution in [3.8, 4) is 6.07 Å². The third kappa shape index (κ3) is 4.44. The van der Waals surface area contributed by atoms with Crippen LogP contribution in [0.2, 0.25) is 0 Å². The lowest BCUT2D eigenvalue weighted by molar-refractivity contribution is -0.141. The summed E-state index contributed by atoms with van der Waals surface area (Å²) in [6.45, 7) is 10.6. The molecule has 1 saturated carbocycles. The van der Waals surface area contributed by atoms with Gasteiger partial charge < -0.3 is 10.2 Å². The Bertz CT molecular complexity index is 508. The fourth-order valence-electron chi connectivity index (χ4n) is 3.00. The second-order valence-corrected chi connectivity index (χ2v) is 7.95. The van der Waals surface area contributed by atoms with Crippen molar-refractivity contribution >= 4 is 11.8 Å². The van der Waals surface area contributed by atoms with E-state index in [0.29, 0.717) is 32.7 Å². The van der Waals surface area contributed by atoms with Crippen molar-refractivity contribution in [2.24, 2.45) is 11.3 Å². The molecule has 2 aliphatic rings. The molecule has 1 unspecified atom stereocenters. The predicted octanol–water partition coefficient (Wildman–Crippen LogP) is 0.985. The van der Waals surface area contributed by atoms with E-state index >= 15 is 0 Å². The summed E-state index contributed by atoms with van der Waals surface area (Å²) >= 11 is 0. The summed E-state index contributed by atoms with van der Waals surface area (Å²) in [5.41, 5.74) is -1.10. The summed E-state index contributed by atoms with van der Waals surface area (Å²) in [5, 5.41) is 12.2. The lowest BCUT2D eigenvalue weighted by Crippen LogP contribution is -2.55. The molecular formula is C17H28N4O2. The van der Waals surface area contributed by atoms with Crippen molar-refractivity contribution in [3.05, 3.63) is 0 Å². The molecule has 0 spiro atoms. The molecule has 23 heavy (non-hydrogen) atoms. The summed E-state index contributed by atoms with van der Waals surface area (Å²) in [6, 6.07) is 2.24. The molecule has 2 fully saturated rings. The molecule has 0 aromatic heterocycles. The number of piperazine rings is 1. The van der Waals surface area contributed by atoms with Crippen LogP contribution in [0.15, 0.2) is 0 Å². The first kappa shape index (κ1) is 17.7. The molecule has 1 atom stereocenters. The van der Waals surface area contributed by atoms with Crippen LogP contribution in [0.5, 0.6) is 0 Å². The molecule has 128 valence electrons. The van der Waals surface area contributed by atoms with Crippen molar-refractivity contribution in [3.63, 3.8) is 0 Å². The largest absolute Gasteiger partial charge is 0.340 e. The molecule has 1 saturated heterocycles. The van der Waals surface area contributed by atoms with E-state index in [2.05, 4.69) is 11.4 Å². The Hall–Kier alpha value is -1.61. The summed E-state index contributed by atoms with van der Waals surface area (Å²) in [7, 11) is 0. The van der Waals surface area contributed by atoms with Gasteiger partial charge in [-0.15, -0.1) is 0 Å². The van der Waals surface area contributed by atoms with Gasteiger partial charge in [-0.1, -0.05) is 20.8 Å². The highest BCUT2D eigenvalue weighted by molar-refractivity contribution is 5.82. The maximum absolute atomic E-state index is 12.2. The summed E-state index contributed by atoms with van der Waals surface area (Å²) < 4.78 is 0. The van der Waals surface area contributed by atoms with E-state index in [0.717, 1.165) is 12.8 Å². The van der Waals surface area contributed by atoms with Gasteiger partial charge in [-0.2, -0.15) is 5.26 Å². The minimum absolute atomic E-state index is 0.100. The highest BCUT2D eigenvalue weighted by Gasteiger charge is 2.43. The molecule has 0 aromatic carbocycles. The van der Waals surface area contributed by atoms with Crippen LogP contribution >= 0.6 is 0 Å². The average molecular weight is 320 g/mol. The topological polar surface area (TPSA) is 76.4 Å². The number of amides is 2. The van der Waals surface area contributed by atoms with E-state index < -0.39 is 5.54 Å². The van der Waals surface area contributed by atoms with Crippen LogP contribution in [0, 0.1) is 22.7 Å². The summed E-state index contributed by atoms with van der Waals surface area (Å²) in [5.74, 6) is 0.349. The Morgan fingerprint density at radius 2 is 1.70 bits per heavy atom. The zero-order chi connectivity index (χ0) is 17.3. The molecular weight excluding hydrogens is 292 g/mol. The van der Waals surface area contributed by atoms with Crippen molar-refractivity contribution in [1.82, 2.24) is 15.1 Å². The number of carbonyl (C=O) groups is 2. The van der Waals surface area contributed by atoms with E-state index in [-0.39, 0.29) is 23.1 Å². The quantitative estimate of drug-likeness (QED) is 0.838. The van der Waals surface area contributed by atoms with E-state index in [1.807, 2.05) is 37.5 Å². The Labute approximate surface area is 138 Å². The predicted molar refractivity (Wildman–Crippen MR) is 87.4 cm³/mol.